The van der Waals surface area contributed by atoms with E-state index in [4.69, 9.17) is 5.73 Å². The maximum Gasteiger partial charge on any atom is 0.245 e. The van der Waals surface area contributed by atoms with E-state index in [0.717, 1.165) is 11.3 Å². The lowest BCUT2D eigenvalue weighted by molar-refractivity contribution is -0.120. The van der Waals surface area contributed by atoms with Gasteiger partial charge in [0.05, 0.1) is 11.2 Å². The van der Waals surface area contributed by atoms with Gasteiger partial charge in [-0.2, -0.15) is 0 Å². The maximum absolute atomic E-state index is 11.8. The van der Waals surface area contributed by atoms with Crippen molar-refractivity contribution in [2.75, 3.05) is 11.6 Å². The third kappa shape index (κ3) is 3.59. The van der Waals surface area contributed by atoms with Crippen LogP contribution in [0.4, 0.5) is 5.13 Å². The molecule has 0 saturated heterocycles. The van der Waals surface area contributed by atoms with Crippen LogP contribution in [-0.2, 0) is 4.79 Å². The van der Waals surface area contributed by atoms with Crippen LogP contribution in [0.5, 0.6) is 0 Å². The number of nitrogens with two attached hydrogens (primary N) is 1. The van der Waals surface area contributed by atoms with E-state index < -0.39 is 5.54 Å². The SMILES string of the molecule is CSc1ccc(-c2csc(NC(=O)C(C)(C)N)n2)cc1. The highest BCUT2D eigenvalue weighted by Crippen LogP contribution is 2.27. The van der Waals surface area contributed by atoms with E-state index >= 15 is 0 Å². The second-order valence-electron chi connectivity index (χ2n) is 4.94. The molecule has 0 saturated carbocycles. The molecular formula is C14H17N3OS2. The number of anilines is 1. The quantitative estimate of drug-likeness (QED) is 0.851. The van der Waals surface area contributed by atoms with Gasteiger partial charge in [0, 0.05) is 15.8 Å². The first-order chi connectivity index (χ1) is 9.40. The number of thiazole rings is 1. The van der Waals surface area contributed by atoms with Gasteiger partial charge in [0.2, 0.25) is 5.91 Å². The average molecular weight is 307 g/mol. The smallest absolute Gasteiger partial charge is 0.245 e. The molecule has 106 valence electrons. The van der Waals surface area contributed by atoms with Gasteiger partial charge in [-0.25, -0.2) is 4.98 Å². The molecule has 1 aromatic carbocycles. The van der Waals surface area contributed by atoms with Crippen LogP contribution in [0, 0.1) is 0 Å². The Balaban J connectivity index is 2.14. The molecule has 20 heavy (non-hydrogen) atoms. The van der Waals surface area contributed by atoms with Gasteiger partial charge in [0.1, 0.15) is 0 Å². The van der Waals surface area contributed by atoms with Crippen molar-refractivity contribution in [3.63, 3.8) is 0 Å². The van der Waals surface area contributed by atoms with Gasteiger partial charge in [-0.05, 0) is 32.2 Å². The standard InChI is InChI=1S/C14H17N3OS2/c1-14(2,15)12(18)17-13-16-11(8-20-13)9-4-6-10(19-3)7-5-9/h4-8H,15H2,1-3H3,(H,16,17,18). The molecule has 3 N–H and O–H groups in total. The molecule has 0 fully saturated rings. The zero-order valence-electron chi connectivity index (χ0n) is 11.6. The van der Waals surface area contributed by atoms with Crippen LogP contribution < -0.4 is 11.1 Å². The van der Waals surface area contributed by atoms with Crippen molar-refractivity contribution < 1.29 is 4.79 Å². The molecule has 0 aliphatic heterocycles. The van der Waals surface area contributed by atoms with E-state index in [1.807, 2.05) is 23.8 Å². The average Bonchev–Trinajstić information content (AvgIpc) is 2.86. The van der Waals surface area contributed by atoms with Gasteiger partial charge in [-0.15, -0.1) is 23.1 Å². The highest BCUT2D eigenvalue weighted by Gasteiger charge is 2.22. The van der Waals surface area contributed by atoms with Crippen LogP contribution in [0.25, 0.3) is 11.3 Å². The number of rotatable bonds is 4. The van der Waals surface area contributed by atoms with Crippen LogP contribution in [0.3, 0.4) is 0 Å². The van der Waals surface area contributed by atoms with E-state index in [0.29, 0.717) is 5.13 Å². The Labute approximate surface area is 126 Å². The third-order valence-electron chi connectivity index (χ3n) is 2.70. The molecule has 0 atom stereocenters. The highest BCUT2D eigenvalue weighted by molar-refractivity contribution is 7.98. The van der Waals surface area contributed by atoms with Gasteiger partial charge in [0.15, 0.2) is 5.13 Å². The second kappa shape index (κ2) is 5.95. The van der Waals surface area contributed by atoms with Crippen molar-refractivity contribution in [1.82, 2.24) is 4.98 Å². The summed E-state index contributed by atoms with van der Waals surface area (Å²) in [5.41, 5.74) is 6.72. The first-order valence-corrected chi connectivity index (χ1v) is 8.21. The molecule has 1 amide bonds. The Bertz CT molecular complexity index is 600. The number of nitrogens with one attached hydrogen (secondary N) is 1. The predicted molar refractivity (Wildman–Crippen MR) is 86.2 cm³/mol. The number of benzene rings is 1. The van der Waals surface area contributed by atoms with Gasteiger partial charge in [-0.1, -0.05) is 12.1 Å². The Morgan fingerprint density at radius 3 is 2.55 bits per heavy atom. The molecule has 1 aromatic heterocycles. The molecule has 0 aliphatic carbocycles. The molecule has 4 nitrogen and oxygen atoms in total. The number of hydrogen-bond acceptors (Lipinski definition) is 5. The Kier molecular flexibility index (Phi) is 4.47. The number of thioether (sulfide) groups is 1. The summed E-state index contributed by atoms with van der Waals surface area (Å²) < 4.78 is 0. The molecule has 0 spiro atoms. The van der Waals surface area contributed by atoms with Gasteiger partial charge in [-0.3, -0.25) is 4.79 Å². The molecule has 2 aromatic rings. The van der Waals surface area contributed by atoms with E-state index in [1.165, 1.54) is 16.2 Å². The molecule has 0 radical (unpaired) electrons. The van der Waals surface area contributed by atoms with E-state index in [-0.39, 0.29) is 5.91 Å². The molecule has 0 unspecified atom stereocenters. The summed E-state index contributed by atoms with van der Waals surface area (Å²) in [7, 11) is 0. The summed E-state index contributed by atoms with van der Waals surface area (Å²) >= 11 is 3.10. The fraction of sp³-hybridized carbons (Fsp3) is 0.286. The van der Waals surface area contributed by atoms with Gasteiger partial charge < -0.3 is 11.1 Å². The summed E-state index contributed by atoms with van der Waals surface area (Å²) in [6, 6.07) is 8.17. The molecular weight excluding hydrogens is 290 g/mol. The molecule has 2 rings (SSSR count). The normalized spacial score (nSPS) is 11.4. The van der Waals surface area contributed by atoms with Crippen LogP contribution in [0.15, 0.2) is 34.5 Å². The molecule has 0 aliphatic rings. The summed E-state index contributed by atoms with van der Waals surface area (Å²) in [6.45, 7) is 3.33. The van der Waals surface area contributed by atoms with Crippen molar-refractivity contribution in [3.8, 4) is 11.3 Å². The minimum absolute atomic E-state index is 0.240. The first-order valence-electron chi connectivity index (χ1n) is 6.10. The molecule has 6 heteroatoms. The van der Waals surface area contributed by atoms with Crippen molar-refractivity contribution in [2.24, 2.45) is 5.73 Å². The number of aromatic nitrogens is 1. The lowest BCUT2D eigenvalue weighted by Gasteiger charge is -2.16. The van der Waals surface area contributed by atoms with Crippen molar-refractivity contribution in [2.45, 2.75) is 24.3 Å². The number of carbonyl (C=O) groups is 1. The van der Waals surface area contributed by atoms with Crippen LogP contribution in [0.1, 0.15) is 13.8 Å². The topological polar surface area (TPSA) is 68.0 Å². The Hall–Kier alpha value is -1.37. The predicted octanol–water partition coefficient (Wildman–Crippen LogP) is 3.21. The lowest BCUT2D eigenvalue weighted by Crippen LogP contribution is -2.45. The zero-order valence-corrected chi connectivity index (χ0v) is 13.3. The number of amides is 1. The summed E-state index contributed by atoms with van der Waals surface area (Å²) in [5, 5.41) is 5.22. The van der Waals surface area contributed by atoms with Gasteiger partial charge in [0.25, 0.3) is 0 Å². The summed E-state index contributed by atoms with van der Waals surface area (Å²) in [4.78, 5) is 17.4. The van der Waals surface area contributed by atoms with E-state index in [2.05, 4.69) is 22.4 Å². The number of hydrogen-bond donors (Lipinski definition) is 2. The van der Waals surface area contributed by atoms with Crippen molar-refractivity contribution >= 4 is 34.1 Å². The Morgan fingerprint density at radius 2 is 2.00 bits per heavy atom. The molecule has 1 heterocycles. The fourth-order valence-electron chi connectivity index (χ4n) is 1.48. The van der Waals surface area contributed by atoms with E-state index in [9.17, 15) is 4.79 Å². The fourth-order valence-corrected chi connectivity index (χ4v) is 2.61. The van der Waals surface area contributed by atoms with E-state index in [1.54, 1.807) is 25.6 Å². The number of carbonyl (C=O) groups excluding carboxylic acids is 1. The summed E-state index contributed by atoms with van der Waals surface area (Å²) in [6.07, 6.45) is 2.04. The monoisotopic (exact) mass is 307 g/mol. The summed E-state index contributed by atoms with van der Waals surface area (Å²) in [5.74, 6) is -0.240. The Morgan fingerprint density at radius 1 is 1.35 bits per heavy atom. The zero-order chi connectivity index (χ0) is 14.8. The van der Waals surface area contributed by atoms with Crippen LogP contribution in [-0.4, -0.2) is 22.7 Å². The largest absolute Gasteiger partial charge is 0.318 e. The number of nitrogens with zero attached hydrogens (tertiary/aromatic N) is 1. The molecule has 0 bridgehead atoms. The van der Waals surface area contributed by atoms with Crippen LogP contribution >= 0.6 is 23.1 Å². The highest BCUT2D eigenvalue weighted by atomic mass is 32.2. The van der Waals surface area contributed by atoms with Crippen molar-refractivity contribution in [3.05, 3.63) is 29.6 Å². The minimum atomic E-state index is -0.911. The second-order valence-corrected chi connectivity index (χ2v) is 6.68. The first kappa shape index (κ1) is 15.0. The third-order valence-corrected chi connectivity index (χ3v) is 4.20. The minimum Gasteiger partial charge on any atom is -0.318 e. The van der Waals surface area contributed by atoms with Crippen molar-refractivity contribution in [1.29, 1.82) is 0 Å². The van der Waals surface area contributed by atoms with Gasteiger partial charge >= 0.3 is 0 Å². The maximum atomic E-state index is 11.8. The van der Waals surface area contributed by atoms with Crippen LogP contribution in [0.2, 0.25) is 0 Å². The lowest BCUT2D eigenvalue weighted by atomic mass is 10.1.